The maximum absolute atomic E-state index is 9.77. The van der Waals surface area contributed by atoms with Crippen LogP contribution in [-0.4, -0.2) is 56.4 Å². The molecule has 1 aliphatic heterocycles. The Balaban J connectivity index is 1.19. The van der Waals surface area contributed by atoms with Gasteiger partial charge in [0.2, 0.25) is 5.95 Å². The zero-order chi connectivity index (χ0) is 21.2. The third-order valence-electron chi connectivity index (χ3n) is 5.99. The van der Waals surface area contributed by atoms with Crippen molar-refractivity contribution in [2.24, 2.45) is 0 Å². The van der Waals surface area contributed by atoms with E-state index in [1.54, 1.807) is 18.6 Å². The second kappa shape index (κ2) is 8.50. The van der Waals surface area contributed by atoms with Crippen molar-refractivity contribution in [3.8, 4) is 5.75 Å². The lowest BCUT2D eigenvalue weighted by atomic mass is 9.93. The van der Waals surface area contributed by atoms with E-state index in [4.69, 9.17) is 10.5 Å². The second-order valence-corrected chi connectivity index (χ2v) is 8.31. The van der Waals surface area contributed by atoms with E-state index in [1.165, 1.54) is 0 Å². The molecule has 9 heteroatoms. The first-order chi connectivity index (χ1) is 15.1. The highest BCUT2D eigenvalue weighted by atomic mass is 16.5. The van der Waals surface area contributed by atoms with Gasteiger partial charge in [0.1, 0.15) is 17.1 Å². The van der Waals surface area contributed by atoms with Crippen LogP contribution in [0.1, 0.15) is 32.1 Å². The van der Waals surface area contributed by atoms with E-state index < -0.39 is 0 Å². The van der Waals surface area contributed by atoms with Gasteiger partial charge in [0.05, 0.1) is 17.7 Å². The van der Waals surface area contributed by atoms with Gasteiger partial charge in [0, 0.05) is 49.5 Å². The van der Waals surface area contributed by atoms with Gasteiger partial charge in [0.25, 0.3) is 0 Å². The van der Waals surface area contributed by atoms with Gasteiger partial charge in [-0.1, -0.05) is 0 Å². The highest BCUT2D eigenvalue weighted by molar-refractivity contribution is 5.84. The van der Waals surface area contributed by atoms with Crippen LogP contribution in [0, 0.1) is 0 Å². The van der Waals surface area contributed by atoms with Gasteiger partial charge in [0.15, 0.2) is 0 Å². The smallest absolute Gasteiger partial charge is 0.224 e. The van der Waals surface area contributed by atoms with Crippen LogP contribution in [-0.2, 0) is 0 Å². The van der Waals surface area contributed by atoms with Gasteiger partial charge in [-0.3, -0.25) is 4.98 Å². The molecule has 2 fully saturated rings. The molecule has 1 saturated heterocycles. The summed E-state index contributed by atoms with van der Waals surface area (Å²) in [7, 11) is 0. The molecule has 5 rings (SSSR count). The molecule has 2 aliphatic rings. The number of nitrogens with zero attached hydrogens (tertiary/aromatic N) is 5. The Kier molecular flexibility index (Phi) is 5.42. The molecule has 1 aliphatic carbocycles. The first-order valence-electron chi connectivity index (χ1n) is 10.8. The molecule has 2 aromatic heterocycles. The van der Waals surface area contributed by atoms with Crippen molar-refractivity contribution in [1.29, 1.82) is 0 Å². The van der Waals surface area contributed by atoms with E-state index in [-0.39, 0.29) is 12.2 Å². The fourth-order valence-corrected chi connectivity index (χ4v) is 4.39. The van der Waals surface area contributed by atoms with Crippen molar-refractivity contribution >= 4 is 28.5 Å². The number of aliphatic hydroxyl groups is 1. The van der Waals surface area contributed by atoms with Crippen LogP contribution in [0.15, 0.2) is 36.8 Å². The Bertz CT molecular complexity index is 1050. The molecular formula is C22H27N7O2. The number of anilines is 3. The molecule has 1 unspecified atom stereocenters. The summed E-state index contributed by atoms with van der Waals surface area (Å²) >= 11 is 0. The highest BCUT2D eigenvalue weighted by Crippen LogP contribution is 2.31. The summed E-state index contributed by atoms with van der Waals surface area (Å²) in [6, 6.07) is 5.84. The average molecular weight is 422 g/mol. The third-order valence-corrected chi connectivity index (χ3v) is 5.99. The number of rotatable bonds is 5. The maximum Gasteiger partial charge on any atom is 0.224 e. The number of nitrogen functional groups attached to an aromatic ring is 1. The minimum atomic E-state index is -0.273. The number of aromatic nitrogens is 4. The number of hydrogen-bond acceptors (Lipinski definition) is 9. The molecule has 1 atom stereocenters. The number of β-amino-alcohol motifs (C(OH)–C–C–N with tert-alkyl or cyclic N) is 1. The van der Waals surface area contributed by atoms with Gasteiger partial charge < -0.3 is 25.8 Å². The summed E-state index contributed by atoms with van der Waals surface area (Å²) in [6.45, 7) is 1.45. The largest absolute Gasteiger partial charge is 0.488 e. The van der Waals surface area contributed by atoms with E-state index >= 15 is 0 Å². The quantitative estimate of drug-likeness (QED) is 0.533. The molecule has 0 amide bonds. The molecule has 0 bridgehead atoms. The Morgan fingerprint density at radius 3 is 2.68 bits per heavy atom. The van der Waals surface area contributed by atoms with Crippen molar-refractivity contribution in [3.63, 3.8) is 0 Å². The van der Waals surface area contributed by atoms with E-state index in [1.807, 2.05) is 18.2 Å². The number of nitrogens with one attached hydrogen (secondary N) is 1. The number of aliphatic hydroxyl groups excluding tert-OH is 1. The topological polar surface area (TPSA) is 122 Å². The zero-order valence-electron chi connectivity index (χ0n) is 17.3. The summed E-state index contributed by atoms with van der Waals surface area (Å²) in [5.41, 5.74) is 8.13. The predicted molar refractivity (Wildman–Crippen MR) is 119 cm³/mol. The van der Waals surface area contributed by atoms with Crippen molar-refractivity contribution in [2.45, 2.75) is 50.4 Å². The van der Waals surface area contributed by atoms with Crippen LogP contribution in [0.5, 0.6) is 5.75 Å². The minimum Gasteiger partial charge on any atom is -0.488 e. The van der Waals surface area contributed by atoms with E-state index in [0.717, 1.165) is 55.5 Å². The van der Waals surface area contributed by atoms with Gasteiger partial charge in [-0.25, -0.2) is 9.97 Å². The van der Waals surface area contributed by atoms with Crippen LogP contribution >= 0.6 is 0 Å². The zero-order valence-corrected chi connectivity index (χ0v) is 17.3. The maximum atomic E-state index is 9.77. The molecule has 162 valence electrons. The van der Waals surface area contributed by atoms with Crippen LogP contribution in [0.2, 0.25) is 0 Å². The summed E-state index contributed by atoms with van der Waals surface area (Å²) in [5, 5.41) is 13.2. The summed E-state index contributed by atoms with van der Waals surface area (Å²) in [4.78, 5) is 19.9. The van der Waals surface area contributed by atoms with Crippen LogP contribution in [0.3, 0.4) is 0 Å². The SMILES string of the molecule is Nc1cc(OC2CCC(Nc3nccc(N4CCC(O)C4)n3)CC2)c2nccnc2c1. The average Bonchev–Trinajstić information content (AvgIpc) is 3.22. The number of nitrogens with two attached hydrogens (primary N) is 1. The first-order valence-corrected chi connectivity index (χ1v) is 10.8. The second-order valence-electron chi connectivity index (χ2n) is 8.31. The molecule has 31 heavy (non-hydrogen) atoms. The summed E-state index contributed by atoms with van der Waals surface area (Å²) in [6.07, 6.45) is 9.50. The standard InChI is InChI=1S/C22H27N7O2/c23-14-11-18-21(25-9-8-24-18)19(12-14)31-17-3-1-15(2-4-17)27-22-26-7-5-20(28-22)29-10-6-16(30)13-29/h5,7-9,11-12,15-17,30H,1-4,6,10,13,23H2,(H,26,27,28). The Labute approximate surface area is 180 Å². The number of ether oxygens (including phenoxy) is 1. The molecule has 9 nitrogen and oxygen atoms in total. The monoisotopic (exact) mass is 421 g/mol. The van der Waals surface area contributed by atoms with Gasteiger partial charge in [-0.2, -0.15) is 4.98 Å². The molecule has 4 N–H and O–H groups in total. The lowest BCUT2D eigenvalue weighted by Crippen LogP contribution is -2.32. The van der Waals surface area contributed by atoms with Crippen molar-refractivity contribution in [1.82, 2.24) is 19.9 Å². The van der Waals surface area contributed by atoms with Crippen LogP contribution in [0.4, 0.5) is 17.5 Å². The lowest BCUT2D eigenvalue weighted by molar-refractivity contribution is 0.152. The third kappa shape index (κ3) is 4.46. The van der Waals surface area contributed by atoms with E-state index in [2.05, 4.69) is 30.2 Å². The molecule has 0 radical (unpaired) electrons. The number of benzene rings is 1. The normalized spacial score (nSPS) is 23.8. The van der Waals surface area contributed by atoms with E-state index in [9.17, 15) is 5.11 Å². The van der Waals surface area contributed by atoms with Crippen molar-refractivity contribution < 1.29 is 9.84 Å². The molecular weight excluding hydrogens is 394 g/mol. The van der Waals surface area contributed by atoms with Crippen LogP contribution in [0.25, 0.3) is 11.0 Å². The van der Waals surface area contributed by atoms with Crippen molar-refractivity contribution in [3.05, 3.63) is 36.8 Å². The molecule has 1 aromatic carbocycles. The Hall–Kier alpha value is -3.20. The minimum absolute atomic E-state index is 0.114. The molecule has 1 saturated carbocycles. The summed E-state index contributed by atoms with van der Waals surface area (Å²) < 4.78 is 6.27. The number of fused-ring (bicyclic) bond motifs is 1. The molecule has 0 spiro atoms. The highest BCUT2D eigenvalue weighted by Gasteiger charge is 2.25. The van der Waals surface area contributed by atoms with Gasteiger partial charge >= 0.3 is 0 Å². The fraction of sp³-hybridized carbons (Fsp3) is 0.455. The molecule has 3 heterocycles. The fourth-order valence-electron chi connectivity index (χ4n) is 4.39. The van der Waals surface area contributed by atoms with E-state index in [0.29, 0.717) is 30.0 Å². The van der Waals surface area contributed by atoms with Crippen molar-refractivity contribution in [2.75, 3.05) is 29.0 Å². The Morgan fingerprint density at radius 2 is 1.87 bits per heavy atom. The number of hydrogen-bond donors (Lipinski definition) is 3. The molecule has 3 aromatic rings. The predicted octanol–water partition coefficient (Wildman–Crippen LogP) is 2.38. The Morgan fingerprint density at radius 1 is 1.03 bits per heavy atom. The van der Waals surface area contributed by atoms with Gasteiger partial charge in [-0.15, -0.1) is 0 Å². The first kappa shape index (κ1) is 19.7. The summed E-state index contributed by atoms with van der Waals surface area (Å²) in [5.74, 6) is 2.20. The van der Waals surface area contributed by atoms with Crippen LogP contribution < -0.4 is 20.7 Å². The van der Waals surface area contributed by atoms with Gasteiger partial charge in [-0.05, 0) is 44.2 Å². The lowest BCUT2D eigenvalue weighted by Gasteiger charge is -2.30.